The summed E-state index contributed by atoms with van der Waals surface area (Å²) < 4.78 is 47.2. The molecule has 1 unspecified atom stereocenters. The Morgan fingerprint density at radius 2 is 1.76 bits per heavy atom. The van der Waals surface area contributed by atoms with Gasteiger partial charge in [0, 0.05) is 29.3 Å². The van der Waals surface area contributed by atoms with Crippen LogP contribution in [0.4, 0.5) is 13.2 Å². The predicted octanol–water partition coefficient (Wildman–Crippen LogP) is 4.92. The molecule has 4 aromatic rings. The van der Waals surface area contributed by atoms with E-state index in [-0.39, 0.29) is 69.4 Å². The zero-order valence-electron chi connectivity index (χ0n) is 23.1. The molecule has 0 aliphatic carbocycles. The maximum absolute atomic E-state index is 15.8. The van der Waals surface area contributed by atoms with Crippen LogP contribution in [-0.4, -0.2) is 54.6 Å². The van der Waals surface area contributed by atoms with E-state index in [0.29, 0.717) is 18.4 Å². The summed E-state index contributed by atoms with van der Waals surface area (Å²) in [4.78, 5) is 15.6. The molecule has 42 heavy (non-hydrogen) atoms. The van der Waals surface area contributed by atoms with Gasteiger partial charge in [0.2, 0.25) is 0 Å². The first-order valence-electron chi connectivity index (χ1n) is 13.8. The maximum Gasteiger partial charge on any atom is 0.254 e. The van der Waals surface area contributed by atoms with Gasteiger partial charge in [-0.15, -0.1) is 5.10 Å². The molecular formula is C31H29F3N6O2. The number of hydrogen-bond donors (Lipinski definition) is 2. The van der Waals surface area contributed by atoms with Gasteiger partial charge in [-0.25, -0.2) is 17.9 Å². The number of nitrogens with zero attached hydrogens (tertiary/aromatic N) is 5. The summed E-state index contributed by atoms with van der Waals surface area (Å²) in [6.45, 7) is 2.91. The molecule has 3 aromatic carbocycles. The second-order valence-electron chi connectivity index (χ2n) is 11.9. The van der Waals surface area contributed by atoms with Gasteiger partial charge < -0.3 is 15.7 Å². The van der Waals surface area contributed by atoms with Gasteiger partial charge in [0.25, 0.3) is 5.91 Å². The fraction of sp³-hybridized carbons (Fsp3) is 0.355. The van der Waals surface area contributed by atoms with Gasteiger partial charge in [-0.3, -0.25) is 4.79 Å². The largest absolute Gasteiger partial charge is 0.389 e. The molecule has 6 rings (SSSR count). The van der Waals surface area contributed by atoms with E-state index in [4.69, 9.17) is 5.73 Å². The quantitative estimate of drug-likeness (QED) is 0.349. The maximum atomic E-state index is 15.8. The number of hydrogen-bond acceptors (Lipinski definition) is 6. The monoisotopic (exact) mass is 574 g/mol. The van der Waals surface area contributed by atoms with Gasteiger partial charge in [0.1, 0.15) is 22.9 Å². The highest BCUT2D eigenvalue weighted by atomic mass is 19.2. The smallest absolute Gasteiger partial charge is 0.254 e. The number of amides is 1. The van der Waals surface area contributed by atoms with Crippen molar-refractivity contribution < 1.29 is 23.1 Å². The zero-order valence-corrected chi connectivity index (χ0v) is 23.1. The third kappa shape index (κ3) is 4.80. The molecule has 1 amide bonds. The highest BCUT2D eigenvalue weighted by molar-refractivity contribution is 5.99. The molecule has 0 spiro atoms. The van der Waals surface area contributed by atoms with E-state index >= 15 is 8.78 Å². The Kier molecular flexibility index (Phi) is 6.78. The van der Waals surface area contributed by atoms with Crippen LogP contribution >= 0.6 is 0 Å². The fourth-order valence-corrected chi connectivity index (χ4v) is 6.37. The number of benzene rings is 3. The van der Waals surface area contributed by atoms with Crippen molar-refractivity contribution in [3.8, 4) is 28.3 Å². The van der Waals surface area contributed by atoms with E-state index < -0.39 is 23.1 Å². The molecule has 8 nitrogen and oxygen atoms in total. The molecule has 11 heteroatoms. The lowest BCUT2D eigenvalue weighted by Crippen LogP contribution is -2.50. The molecule has 3 atom stereocenters. The van der Waals surface area contributed by atoms with Gasteiger partial charge in [-0.2, -0.15) is 5.26 Å². The molecule has 2 saturated heterocycles. The number of nitriles is 1. The van der Waals surface area contributed by atoms with E-state index in [9.17, 15) is 19.6 Å². The molecule has 2 bridgehead atoms. The number of fused-ring (bicyclic) bond motifs is 3. The van der Waals surface area contributed by atoms with Crippen LogP contribution in [0.1, 0.15) is 55.5 Å². The Morgan fingerprint density at radius 1 is 1.05 bits per heavy atom. The van der Waals surface area contributed by atoms with E-state index in [2.05, 4.69) is 10.3 Å². The molecule has 3 N–H and O–H groups in total. The van der Waals surface area contributed by atoms with E-state index in [1.807, 2.05) is 4.90 Å². The van der Waals surface area contributed by atoms with Crippen molar-refractivity contribution in [3.05, 3.63) is 71.0 Å². The molecule has 1 aromatic heterocycles. The summed E-state index contributed by atoms with van der Waals surface area (Å²) >= 11 is 0. The number of carbonyl (C=O) groups is 1. The number of rotatable bonds is 5. The second kappa shape index (κ2) is 10.2. The van der Waals surface area contributed by atoms with Crippen molar-refractivity contribution in [1.29, 1.82) is 5.26 Å². The SMILES string of the molecule is CC(C)(O)Cn1nnc2cc(-c3ccc(C(=O)N4[C@@H]5CC[C@H]4CC(N)C5)cc3-c3ccc(C#N)c(F)c3)c(F)c(F)c21. The molecule has 2 aliphatic heterocycles. The van der Waals surface area contributed by atoms with Crippen LogP contribution in [0.3, 0.4) is 0 Å². The average molecular weight is 575 g/mol. The van der Waals surface area contributed by atoms with Crippen LogP contribution < -0.4 is 5.73 Å². The van der Waals surface area contributed by atoms with E-state index in [1.54, 1.807) is 18.2 Å². The second-order valence-corrected chi connectivity index (χ2v) is 11.9. The van der Waals surface area contributed by atoms with Crippen molar-refractivity contribution >= 4 is 16.9 Å². The number of aliphatic hydroxyl groups is 1. The minimum Gasteiger partial charge on any atom is -0.389 e. The van der Waals surface area contributed by atoms with Gasteiger partial charge >= 0.3 is 0 Å². The van der Waals surface area contributed by atoms with Crippen molar-refractivity contribution in [2.24, 2.45) is 5.73 Å². The first-order chi connectivity index (χ1) is 19.9. The summed E-state index contributed by atoms with van der Waals surface area (Å²) in [5.74, 6) is -3.36. The normalized spacial score (nSPS) is 20.2. The topological polar surface area (TPSA) is 121 Å². The molecule has 3 heterocycles. The van der Waals surface area contributed by atoms with Gasteiger partial charge in [0.15, 0.2) is 11.6 Å². The minimum atomic E-state index is -1.25. The summed E-state index contributed by atoms with van der Waals surface area (Å²) in [5.41, 5.74) is 5.57. The van der Waals surface area contributed by atoms with Crippen molar-refractivity contribution in [2.75, 3.05) is 0 Å². The van der Waals surface area contributed by atoms with Crippen LogP contribution in [0.2, 0.25) is 0 Å². The lowest BCUT2D eigenvalue weighted by atomic mass is 9.90. The molecule has 2 fully saturated rings. The van der Waals surface area contributed by atoms with Gasteiger partial charge in [-0.1, -0.05) is 17.3 Å². The predicted molar refractivity (Wildman–Crippen MR) is 149 cm³/mol. The Balaban J connectivity index is 1.50. The first-order valence-corrected chi connectivity index (χ1v) is 13.8. The first kappa shape index (κ1) is 27.9. The molecular weight excluding hydrogens is 545 g/mol. The molecule has 0 saturated carbocycles. The lowest BCUT2D eigenvalue weighted by molar-refractivity contribution is 0.0571. The van der Waals surface area contributed by atoms with Crippen molar-refractivity contribution in [1.82, 2.24) is 19.9 Å². The van der Waals surface area contributed by atoms with Crippen LogP contribution in [0, 0.1) is 28.8 Å². The number of carbonyl (C=O) groups excluding carboxylic acids is 1. The molecule has 2 aliphatic rings. The Labute approximate surface area is 240 Å². The zero-order chi connectivity index (χ0) is 29.9. The number of piperidine rings is 1. The fourth-order valence-electron chi connectivity index (χ4n) is 6.37. The average Bonchev–Trinajstić information content (AvgIpc) is 3.46. The summed E-state index contributed by atoms with van der Waals surface area (Å²) in [5, 5.41) is 27.3. The van der Waals surface area contributed by atoms with Gasteiger partial charge in [0.05, 0.1) is 17.7 Å². The summed E-state index contributed by atoms with van der Waals surface area (Å²) in [6.07, 6.45) is 3.17. The van der Waals surface area contributed by atoms with E-state index in [0.717, 1.165) is 23.6 Å². The van der Waals surface area contributed by atoms with Crippen molar-refractivity contribution in [2.45, 2.75) is 69.8 Å². The number of halogens is 3. The summed E-state index contributed by atoms with van der Waals surface area (Å²) in [7, 11) is 0. The lowest BCUT2D eigenvalue weighted by Gasteiger charge is -2.38. The van der Waals surface area contributed by atoms with Crippen LogP contribution in [0.5, 0.6) is 0 Å². The van der Waals surface area contributed by atoms with Crippen molar-refractivity contribution in [3.63, 3.8) is 0 Å². The van der Waals surface area contributed by atoms with Crippen LogP contribution in [-0.2, 0) is 6.54 Å². The summed E-state index contributed by atoms with van der Waals surface area (Å²) in [6, 6.07) is 11.8. The van der Waals surface area contributed by atoms with Gasteiger partial charge in [-0.05, 0) is 86.6 Å². The Hall–Kier alpha value is -4.27. The Bertz CT molecular complexity index is 1760. The van der Waals surface area contributed by atoms with Crippen LogP contribution in [0.25, 0.3) is 33.3 Å². The Morgan fingerprint density at radius 3 is 2.40 bits per heavy atom. The highest BCUT2D eigenvalue weighted by Crippen LogP contribution is 2.40. The highest BCUT2D eigenvalue weighted by Gasteiger charge is 2.42. The molecule has 0 radical (unpaired) electrons. The number of aromatic nitrogens is 3. The number of nitrogens with two attached hydrogens (primary N) is 1. The van der Waals surface area contributed by atoms with Crippen LogP contribution in [0.15, 0.2) is 42.5 Å². The van der Waals surface area contributed by atoms with E-state index in [1.165, 1.54) is 38.1 Å². The third-order valence-corrected chi connectivity index (χ3v) is 8.18. The minimum absolute atomic E-state index is 0.0298. The third-order valence-electron chi connectivity index (χ3n) is 8.18. The standard InChI is InChI=1S/C31H29F3N6O2/c1-31(2,42)15-39-29-26(37-38-39)13-24(27(33)28(29)34)22-8-5-17(9-23(22)16-3-4-18(14-35)25(32)10-16)30(41)40-20-6-7-21(40)12-19(36)11-20/h3-5,8-10,13,19-21,42H,6-7,11-12,15,36H2,1-2H3/t19?,20-,21+. The molecule has 216 valence electrons.